The lowest BCUT2D eigenvalue weighted by Gasteiger charge is -2.04. The Morgan fingerprint density at radius 1 is 1.38 bits per heavy atom. The number of aryl methyl sites for hydroxylation is 2. The van der Waals surface area contributed by atoms with E-state index in [0.717, 1.165) is 11.9 Å². The minimum absolute atomic E-state index is 0.246. The van der Waals surface area contributed by atoms with Crippen LogP contribution in [-0.4, -0.2) is 20.3 Å². The molecule has 0 radical (unpaired) electrons. The Bertz CT molecular complexity index is 818. The number of rotatable bonds is 3. The van der Waals surface area contributed by atoms with Gasteiger partial charge < -0.3 is 9.88 Å². The number of amides is 1. The molecule has 0 aliphatic heterocycles. The highest BCUT2D eigenvalue weighted by molar-refractivity contribution is 6.06. The zero-order chi connectivity index (χ0) is 15.0. The molecule has 0 atom stereocenters. The van der Waals surface area contributed by atoms with E-state index in [1.807, 2.05) is 6.92 Å². The second kappa shape index (κ2) is 5.05. The van der Waals surface area contributed by atoms with Crippen LogP contribution < -0.4 is 5.32 Å². The van der Waals surface area contributed by atoms with Crippen molar-refractivity contribution >= 4 is 22.5 Å². The van der Waals surface area contributed by atoms with Gasteiger partial charge in [0.2, 0.25) is 0 Å². The molecule has 0 saturated carbocycles. The van der Waals surface area contributed by atoms with Crippen molar-refractivity contribution in [3.05, 3.63) is 48.2 Å². The Kier molecular flexibility index (Phi) is 3.21. The van der Waals surface area contributed by atoms with E-state index in [1.54, 1.807) is 40.8 Å². The number of anilines is 1. The van der Waals surface area contributed by atoms with Crippen molar-refractivity contribution in [2.24, 2.45) is 7.05 Å². The van der Waals surface area contributed by atoms with E-state index in [1.165, 1.54) is 12.1 Å². The fraction of sp³-hybridized carbons (Fsp3) is 0.200. The fourth-order valence-corrected chi connectivity index (χ4v) is 2.32. The molecule has 3 aromatic rings. The SMILES string of the molecule is CCn1cc(NC(=O)c2cc3ccc(F)cc3n2C)cn1. The third-order valence-electron chi connectivity index (χ3n) is 3.46. The molecular weight excluding hydrogens is 271 g/mol. The zero-order valence-corrected chi connectivity index (χ0v) is 11.8. The molecule has 0 aliphatic rings. The highest BCUT2D eigenvalue weighted by Crippen LogP contribution is 2.20. The van der Waals surface area contributed by atoms with Gasteiger partial charge in [0.25, 0.3) is 5.91 Å². The van der Waals surface area contributed by atoms with Crippen LogP contribution in [0.5, 0.6) is 0 Å². The molecule has 0 spiro atoms. The first-order valence-electron chi connectivity index (χ1n) is 6.67. The molecule has 0 unspecified atom stereocenters. The van der Waals surface area contributed by atoms with Gasteiger partial charge in [0.1, 0.15) is 11.5 Å². The van der Waals surface area contributed by atoms with Crippen LogP contribution in [0.3, 0.4) is 0 Å². The summed E-state index contributed by atoms with van der Waals surface area (Å²) in [6.07, 6.45) is 3.37. The minimum Gasteiger partial charge on any atom is -0.340 e. The van der Waals surface area contributed by atoms with Crippen molar-refractivity contribution in [3.63, 3.8) is 0 Å². The predicted octanol–water partition coefficient (Wildman–Crippen LogP) is 2.79. The molecule has 21 heavy (non-hydrogen) atoms. The summed E-state index contributed by atoms with van der Waals surface area (Å²) < 4.78 is 16.7. The number of nitrogens with zero attached hydrogens (tertiary/aromatic N) is 3. The Balaban J connectivity index is 1.92. The van der Waals surface area contributed by atoms with Crippen molar-refractivity contribution in [1.82, 2.24) is 14.3 Å². The molecule has 108 valence electrons. The molecule has 2 heterocycles. The lowest BCUT2D eigenvalue weighted by Crippen LogP contribution is -2.15. The van der Waals surface area contributed by atoms with Gasteiger partial charge in [-0.25, -0.2) is 4.39 Å². The molecule has 3 rings (SSSR count). The third kappa shape index (κ3) is 2.40. The van der Waals surface area contributed by atoms with Crippen LogP contribution in [0.4, 0.5) is 10.1 Å². The Morgan fingerprint density at radius 3 is 2.90 bits per heavy atom. The normalized spacial score (nSPS) is 11.0. The number of halogens is 1. The molecule has 1 amide bonds. The topological polar surface area (TPSA) is 51.9 Å². The van der Waals surface area contributed by atoms with Crippen LogP contribution >= 0.6 is 0 Å². The number of hydrogen-bond donors (Lipinski definition) is 1. The number of carbonyl (C=O) groups is 1. The van der Waals surface area contributed by atoms with E-state index in [-0.39, 0.29) is 11.7 Å². The van der Waals surface area contributed by atoms with E-state index in [4.69, 9.17) is 0 Å². The van der Waals surface area contributed by atoms with Gasteiger partial charge in [-0.1, -0.05) is 0 Å². The van der Waals surface area contributed by atoms with Crippen LogP contribution in [0, 0.1) is 5.82 Å². The van der Waals surface area contributed by atoms with Crippen molar-refractivity contribution in [2.75, 3.05) is 5.32 Å². The largest absolute Gasteiger partial charge is 0.340 e. The predicted molar refractivity (Wildman–Crippen MR) is 78.7 cm³/mol. The second-order valence-corrected chi connectivity index (χ2v) is 4.83. The van der Waals surface area contributed by atoms with Gasteiger partial charge in [-0.05, 0) is 31.2 Å². The van der Waals surface area contributed by atoms with Crippen molar-refractivity contribution < 1.29 is 9.18 Å². The Morgan fingerprint density at radius 2 is 2.19 bits per heavy atom. The van der Waals surface area contributed by atoms with E-state index in [2.05, 4.69) is 10.4 Å². The number of fused-ring (bicyclic) bond motifs is 1. The van der Waals surface area contributed by atoms with Crippen LogP contribution in [0.2, 0.25) is 0 Å². The molecule has 5 nitrogen and oxygen atoms in total. The molecule has 0 bridgehead atoms. The van der Waals surface area contributed by atoms with Crippen molar-refractivity contribution in [1.29, 1.82) is 0 Å². The minimum atomic E-state index is -0.320. The van der Waals surface area contributed by atoms with Crippen LogP contribution in [0.1, 0.15) is 17.4 Å². The molecule has 0 aliphatic carbocycles. The smallest absolute Gasteiger partial charge is 0.272 e. The average Bonchev–Trinajstić information content (AvgIpc) is 3.04. The molecule has 6 heteroatoms. The summed E-state index contributed by atoms with van der Waals surface area (Å²) in [6.45, 7) is 2.71. The molecule has 0 fully saturated rings. The molecule has 2 aromatic heterocycles. The third-order valence-corrected chi connectivity index (χ3v) is 3.46. The van der Waals surface area contributed by atoms with E-state index >= 15 is 0 Å². The van der Waals surface area contributed by atoms with Crippen molar-refractivity contribution in [3.8, 4) is 0 Å². The Hall–Kier alpha value is -2.63. The number of benzene rings is 1. The van der Waals surface area contributed by atoms with E-state index < -0.39 is 0 Å². The van der Waals surface area contributed by atoms with Gasteiger partial charge in [-0.2, -0.15) is 5.10 Å². The summed E-state index contributed by atoms with van der Waals surface area (Å²) in [7, 11) is 1.74. The molecule has 0 saturated heterocycles. The summed E-state index contributed by atoms with van der Waals surface area (Å²) >= 11 is 0. The first kappa shape index (κ1) is 13.4. The lowest BCUT2D eigenvalue weighted by molar-refractivity contribution is 0.101. The maximum atomic E-state index is 13.3. The van der Waals surface area contributed by atoms with Gasteiger partial charge in [-0.15, -0.1) is 0 Å². The maximum absolute atomic E-state index is 13.3. The summed E-state index contributed by atoms with van der Waals surface area (Å²) in [6, 6.07) is 6.21. The lowest BCUT2D eigenvalue weighted by atomic mass is 10.2. The van der Waals surface area contributed by atoms with Crippen LogP contribution in [0.15, 0.2) is 36.7 Å². The molecule has 1 N–H and O–H groups in total. The first-order chi connectivity index (χ1) is 10.1. The highest BCUT2D eigenvalue weighted by Gasteiger charge is 2.14. The standard InChI is InChI=1S/C15H15FN4O/c1-3-20-9-12(8-17-20)18-15(21)14-6-10-4-5-11(16)7-13(10)19(14)2/h4-9H,3H2,1-2H3,(H,18,21). The fourth-order valence-electron chi connectivity index (χ4n) is 2.32. The average molecular weight is 286 g/mol. The van der Waals surface area contributed by atoms with Gasteiger partial charge in [0.15, 0.2) is 0 Å². The zero-order valence-electron chi connectivity index (χ0n) is 11.8. The monoisotopic (exact) mass is 286 g/mol. The first-order valence-corrected chi connectivity index (χ1v) is 6.67. The van der Waals surface area contributed by atoms with Gasteiger partial charge >= 0.3 is 0 Å². The summed E-state index contributed by atoms with van der Waals surface area (Å²) in [5, 5.41) is 7.72. The molecule has 1 aromatic carbocycles. The van der Waals surface area contributed by atoms with E-state index in [9.17, 15) is 9.18 Å². The van der Waals surface area contributed by atoms with Crippen molar-refractivity contribution in [2.45, 2.75) is 13.5 Å². The Labute approximate surface area is 121 Å². The molecular formula is C15H15FN4O. The van der Waals surface area contributed by atoms with Gasteiger partial charge in [-0.3, -0.25) is 9.48 Å². The van der Waals surface area contributed by atoms with Crippen LogP contribution in [0.25, 0.3) is 10.9 Å². The second-order valence-electron chi connectivity index (χ2n) is 4.83. The summed E-state index contributed by atoms with van der Waals surface area (Å²) in [5.74, 6) is -0.565. The number of aromatic nitrogens is 3. The number of hydrogen-bond acceptors (Lipinski definition) is 2. The van der Waals surface area contributed by atoms with E-state index in [0.29, 0.717) is 16.9 Å². The van der Waals surface area contributed by atoms with Crippen LogP contribution in [-0.2, 0) is 13.6 Å². The summed E-state index contributed by atoms with van der Waals surface area (Å²) in [5.41, 5.74) is 1.79. The highest BCUT2D eigenvalue weighted by atomic mass is 19.1. The van der Waals surface area contributed by atoms with Gasteiger partial charge in [0.05, 0.1) is 17.4 Å². The van der Waals surface area contributed by atoms with Gasteiger partial charge in [0, 0.05) is 25.2 Å². The maximum Gasteiger partial charge on any atom is 0.272 e. The number of carbonyl (C=O) groups excluding carboxylic acids is 1. The quantitative estimate of drug-likeness (QED) is 0.805. The summed E-state index contributed by atoms with van der Waals surface area (Å²) in [4.78, 5) is 12.3. The number of nitrogens with one attached hydrogen (secondary N) is 1.